The van der Waals surface area contributed by atoms with Gasteiger partial charge in [0.25, 0.3) is 6.02 Å². The summed E-state index contributed by atoms with van der Waals surface area (Å²) in [4.78, 5) is 4.63. The molecular weight excluding hydrogens is 598 g/mol. The van der Waals surface area contributed by atoms with Gasteiger partial charge in [-0.05, 0) is 83.2 Å². The van der Waals surface area contributed by atoms with Crippen molar-refractivity contribution in [2.45, 2.75) is 115 Å². The summed E-state index contributed by atoms with van der Waals surface area (Å²) in [7, 11) is -6.61. The van der Waals surface area contributed by atoms with Crippen molar-refractivity contribution in [2.24, 2.45) is 4.99 Å². The number of aliphatic imine (C=N–C) groups is 1. The molecule has 1 N–H and O–H groups in total. The van der Waals surface area contributed by atoms with Crippen molar-refractivity contribution >= 4 is 36.9 Å². The van der Waals surface area contributed by atoms with E-state index < -0.39 is 59.4 Å². The Hall–Kier alpha value is -2.25. The first-order valence-electron chi connectivity index (χ1n) is 15.2. The lowest BCUT2D eigenvalue weighted by molar-refractivity contribution is 0.00578. The van der Waals surface area contributed by atoms with Gasteiger partial charge in [0.1, 0.15) is 16.7 Å². The van der Waals surface area contributed by atoms with E-state index in [2.05, 4.69) is 43.6 Å². The number of amidine groups is 1. The van der Waals surface area contributed by atoms with Gasteiger partial charge in [-0.15, -0.1) is 0 Å². The predicted octanol–water partition coefficient (Wildman–Crippen LogP) is 6.40. The molecular formula is C32H48BFN2O6SSi. The third-order valence-corrected chi connectivity index (χ3v) is 16.0. The number of hydrogen-bond acceptors (Lipinski definition) is 7. The summed E-state index contributed by atoms with van der Waals surface area (Å²) in [6.45, 7) is 22.5. The molecule has 2 aromatic rings. The molecule has 2 aliphatic heterocycles. The molecule has 2 unspecified atom stereocenters. The number of ether oxygens (including phenoxy) is 1. The van der Waals surface area contributed by atoms with Crippen molar-refractivity contribution in [1.82, 2.24) is 4.72 Å². The average Bonchev–Trinajstić information content (AvgIpc) is 3.08. The highest BCUT2D eigenvalue weighted by Crippen LogP contribution is 2.41. The molecule has 0 spiro atoms. The van der Waals surface area contributed by atoms with Crippen LogP contribution in [0.15, 0.2) is 53.5 Å². The van der Waals surface area contributed by atoms with Crippen LogP contribution in [0.1, 0.15) is 91.2 Å². The Morgan fingerprint density at radius 1 is 1.00 bits per heavy atom. The fraction of sp³-hybridized carbons (Fsp3) is 0.594. The molecule has 0 aromatic heterocycles. The minimum atomic E-state index is -3.99. The standard InChI is InChI=1S/C32H48BFN2O6SSi/c1-29(2,3)44(10,11)39-21-20-26(24-14-12-13-15-25(24)34)35-28-36-43(37,38)27(30(4,5)40-28)22-16-18-23(19-17-22)33-41-31(6,7)32(8,9)42-33/h12-19,26-27H,20-21H2,1-11H3,(H,35,36). The van der Waals surface area contributed by atoms with Crippen LogP contribution in [0.4, 0.5) is 4.39 Å². The van der Waals surface area contributed by atoms with Crippen molar-refractivity contribution in [2.75, 3.05) is 6.61 Å². The van der Waals surface area contributed by atoms with Crippen molar-refractivity contribution in [1.29, 1.82) is 0 Å². The Bertz CT molecular complexity index is 1470. The molecule has 2 saturated heterocycles. The monoisotopic (exact) mass is 646 g/mol. The number of nitrogens with zero attached hydrogens (tertiary/aromatic N) is 1. The number of rotatable bonds is 8. The van der Waals surface area contributed by atoms with Crippen molar-refractivity contribution in [3.8, 4) is 0 Å². The van der Waals surface area contributed by atoms with Gasteiger partial charge in [-0.2, -0.15) is 0 Å². The number of hydrogen-bond donors (Lipinski definition) is 1. The molecule has 2 aliphatic rings. The quantitative estimate of drug-likeness (QED) is 0.334. The molecule has 8 nitrogen and oxygen atoms in total. The van der Waals surface area contributed by atoms with E-state index in [9.17, 15) is 12.8 Å². The first kappa shape index (κ1) is 34.6. The molecule has 0 saturated carbocycles. The Kier molecular flexibility index (Phi) is 9.32. The third kappa shape index (κ3) is 7.09. The van der Waals surface area contributed by atoms with Crippen LogP contribution in [0, 0.1) is 5.82 Å². The summed E-state index contributed by atoms with van der Waals surface area (Å²) < 4.78 is 69.8. The van der Waals surface area contributed by atoms with Crippen LogP contribution in [0.5, 0.6) is 0 Å². The Balaban J connectivity index is 1.58. The zero-order valence-electron chi connectivity index (χ0n) is 27.9. The average molecular weight is 647 g/mol. The van der Waals surface area contributed by atoms with Crippen LogP contribution in [0.25, 0.3) is 0 Å². The largest absolute Gasteiger partial charge is 0.494 e. The third-order valence-electron chi connectivity index (χ3n) is 9.49. The predicted molar refractivity (Wildman–Crippen MR) is 176 cm³/mol. The summed E-state index contributed by atoms with van der Waals surface area (Å²) in [6, 6.07) is 12.7. The normalized spacial score (nSPS) is 24.0. The van der Waals surface area contributed by atoms with Crippen molar-refractivity contribution in [3.05, 3.63) is 65.5 Å². The van der Waals surface area contributed by atoms with Gasteiger partial charge in [0, 0.05) is 12.2 Å². The smallest absolute Gasteiger partial charge is 0.457 e. The van der Waals surface area contributed by atoms with Crippen LogP contribution in [0.3, 0.4) is 0 Å². The molecule has 2 atom stereocenters. The van der Waals surface area contributed by atoms with Gasteiger partial charge >= 0.3 is 7.12 Å². The lowest BCUT2D eigenvalue weighted by Crippen LogP contribution is -2.53. The minimum absolute atomic E-state index is 0.00999. The molecule has 0 radical (unpaired) electrons. The first-order chi connectivity index (χ1) is 20.1. The molecule has 12 heteroatoms. The fourth-order valence-corrected chi connectivity index (χ4v) is 7.96. The lowest BCUT2D eigenvalue weighted by Gasteiger charge is -2.39. The summed E-state index contributed by atoms with van der Waals surface area (Å²) in [6.07, 6.45) is 0.353. The van der Waals surface area contributed by atoms with Gasteiger partial charge in [0.05, 0.1) is 17.2 Å². The maximum atomic E-state index is 15.0. The topological polar surface area (TPSA) is 95.5 Å². The van der Waals surface area contributed by atoms with Crippen LogP contribution in [0.2, 0.25) is 18.1 Å². The van der Waals surface area contributed by atoms with E-state index >= 15 is 0 Å². The maximum Gasteiger partial charge on any atom is 0.494 e. The number of benzene rings is 2. The molecule has 0 aliphatic carbocycles. The Morgan fingerprint density at radius 2 is 1.57 bits per heavy atom. The molecule has 242 valence electrons. The summed E-state index contributed by atoms with van der Waals surface area (Å²) in [5.41, 5.74) is -0.477. The van der Waals surface area contributed by atoms with Crippen LogP contribution >= 0.6 is 0 Å². The van der Waals surface area contributed by atoms with Crippen LogP contribution in [-0.4, -0.2) is 53.3 Å². The van der Waals surface area contributed by atoms with Gasteiger partial charge in [0.15, 0.2) is 8.32 Å². The molecule has 0 amide bonds. The van der Waals surface area contributed by atoms with E-state index in [0.29, 0.717) is 24.2 Å². The van der Waals surface area contributed by atoms with Gasteiger partial charge in [-0.3, -0.25) is 0 Å². The zero-order valence-corrected chi connectivity index (χ0v) is 29.8. The number of halogens is 1. The zero-order chi connectivity index (χ0) is 32.9. The van der Waals surface area contributed by atoms with E-state index in [1.54, 1.807) is 44.2 Å². The lowest BCUT2D eigenvalue weighted by atomic mass is 9.78. The second-order valence-electron chi connectivity index (χ2n) is 14.9. The molecule has 44 heavy (non-hydrogen) atoms. The Labute approximate surface area is 264 Å². The van der Waals surface area contributed by atoms with Crippen LogP contribution < -0.4 is 10.2 Å². The molecule has 0 bridgehead atoms. The second kappa shape index (κ2) is 11.8. The molecule has 4 rings (SSSR count). The highest BCUT2D eigenvalue weighted by Gasteiger charge is 2.52. The first-order valence-corrected chi connectivity index (χ1v) is 19.6. The summed E-state index contributed by atoms with van der Waals surface area (Å²) in [5.74, 6) is -0.424. The molecule has 2 heterocycles. The van der Waals surface area contributed by atoms with E-state index in [1.807, 2.05) is 39.8 Å². The van der Waals surface area contributed by atoms with Crippen molar-refractivity contribution < 1.29 is 31.3 Å². The fourth-order valence-electron chi connectivity index (χ4n) is 5.14. The summed E-state index contributed by atoms with van der Waals surface area (Å²) >= 11 is 0. The van der Waals surface area contributed by atoms with Crippen molar-refractivity contribution in [3.63, 3.8) is 0 Å². The van der Waals surface area contributed by atoms with Gasteiger partial charge in [0.2, 0.25) is 10.0 Å². The van der Waals surface area contributed by atoms with E-state index in [-0.39, 0.29) is 11.1 Å². The number of sulfonamides is 1. The SMILES string of the molecule is CC1(C)OC(=NC(CCO[Si](C)(C)C(C)(C)C)c2ccccc2F)NS(=O)(=O)C1c1ccc(B2OC(C)(C)C(C)(C)O2)cc1. The minimum Gasteiger partial charge on any atom is -0.457 e. The highest BCUT2D eigenvalue weighted by atomic mass is 32.2. The molecule has 2 fully saturated rings. The number of nitrogens with one attached hydrogen (secondary N) is 1. The maximum absolute atomic E-state index is 15.0. The van der Waals surface area contributed by atoms with E-state index in [0.717, 1.165) is 5.46 Å². The van der Waals surface area contributed by atoms with Gasteiger partial charge in [-0.1, -0.05) is 63.2 Å². The van der Waals surface area contributed by atoms with Gasteiger partial charge < -0.3 is 18.5 Å². The molecule has 2 aromatic carbocycles. The summed E-state index contributed by atoms with van der Waals surface area (Å²) in [5, 5.41) is -1.02. The van der Waals surface area contributed by atoms with E-state index in [1.165, 1.54) is 6.07 Å². The van der Waals surface area contributed by atoms with Gasteiger partial charge in [-0.25, -0.2) is 22.5 Å². The highest BCUT2D eigenvalue weighted by molar-refractivity contribution is 7.90. The Morgan fingerprint density at radius 3 is 2.09 bits per heavy atom. The second-order valence-corrected chi connectivity index (χ2v) is 21.4. The van der Waals surface area contributed by atoms with E-state index in [4.69, 9.17) is 18.5 Å². The van der Waals surface area contributed by atoms with Crippen LogP contribution in [-0.2, 0) is 28.5 Å².